The van der Waals surface area contributed by atoms with Crippen molar-refractivity contribution in [3.05, 3.63) is 35.9 Å². The van der Waals surface area contributed by atoms with Crippen LogP contribution in [0.2, 0.25) is 0 Å². The van der Waals surface area contributed by atoms with Crippen molar-refractivity contribution in [1.29, 1.82) is 0 Å². The number of amides is 1. The minimum Gasteiger partial charge on any atom is -0.383 e. The molecule has 2 heterocycles. The average molecular weight is 302 g/mol. The van der Waals surface area contributed by atoms with Gasteiger partial charge in [-0.3, -0.25) is 4.79 Å². The van der Waals surface area contributed by atoms with Gasteiger partial charge in [-0.25, -0.2) is 0 Å². The third-order valence-electron chi connectivity index (χ3n) is 5.10. The maximum absolute atomic E-state index is 12.6. The van der Waals surface area contributed by atoms with E-state index in [2.05, 4.69) is 9.80 Å². The molecule has 2 aliphatic rings. The van der Waals surface area contributed by atoms with Crippen LogP contribution >= 0.6 is 0 Å². The van der Waals surface area contributed by atoms with E-state index in [1.54, 1.807) is 7.11 Å². The molecular formula is C18H26N2O2. The quantitative estimate of drug-likeness (QED) is 0.855. The predicted molar refractivity (Wildman–Crippen MR) is 86.9 cm³/mol. The minimum atomic E-state index is 0.187. The molecular weight excluding hydrogens is 276 g/mol. The molecule has 0 N–H and O–H groups in total. The molecule has 4 nitrogen and oxygen atoms in total. The lowest BCUT2D eigenvalue weighted by molar-refractivity contribution is 0.0601. The summed E-state index contributed by atoms with van der Waals surface area (Å²) < 4.78 is 5.21. The summed E-state index contributed by atoms with van der Waals surface area (Å²) in [6.07, 6.45) is 3.61. The van der Waals surface area contributed by atoms with Gasteiger partial charge < -0.3 is 14.5 Å². The lowest BCUT2D eigenvalue weighted by atomic mass is 9.79. The van der Waals surface area contributed by atoms with Crippen molar-refractivity contribution < 1.29 is 9.53 Å². The Morgan fingerprint density at radius 2 is 2.00 bits per heavy atom. The van der Waals surface area contributed by atoms with Crippen LogP contribution in [0.5, 0.6) is 0 Å². The van der Waals surface area contributed by atoms with Crippen LogP contribution in [0.1, 0.15) is 29.6 Å². The summed E-state index contributed by atoms with van der Waals surface area (Å²) in [4.78, 5) is 17.2. The molecule has 1 atom stereocenters. The van der Waals surface area contributed by atoms with Crippen LogP contribution in [0, 0.1) is 5.41 Å². The second-order valence-electron chi connectivity index (χ2n) is 6.72. The Hall–Kier alpha value is -1.39. The largest absolute Gasteiger partial charge is 0.383 e. The van der Waals surface area contributed by atoms with E-state index in [1.807, 2.05) is 30.3 Å². The molecule has 0 unspecified atom stereocenters. The average Bonchev–Trinajstić information content (AvgIpc) is 2.96. The van der Waals surface area contributed by atoms with Gasteiger partial charge >= 0.3 is 0 Å². The molecule has 22 heavy (non-hydrogen) atoms. The molecule has 2 saturated heterocycles. The van der Waals surface area contributed by atoms with Crippen LogP contribution in [0.25, 0.3) is 0 Å². The molecule has 0 aliphatic carbocycles. The number of rotatable bonds is 4. The van der Waals surface area contributed by atoms with Crippen LogP contribution in [0.3, 0.4) is 0 Å². The lowest BCUT2D eigenvalue weighted by Crippen LogP contribution is -2.46. The third kappa shape index (κ3) is 3.33. The molecule has 4 heteroatoms. The fourth-order valence-corrected chi connectivity index (χ4v) is 3.93. The van der Waals surface area contributed by atoms with Gasteiger partial charge in [-0.15, -0.1) is 0 Å². The van der Waals surface area contributed by atoms with Crippen molar-refractivity contribution >= 4 is 5.91 Å². The van der Waals surface area contributed by atoms with Crippen molar-refractivity contribution in [1.82, 2.24) is 9.80 Å². The summed E-state index contributed by atoms with van der Waals surface area (Å²) in [5.74, 6) is 0.187. The maximum Gasteiger partial charge on any atom is 0.253 e. The Balaban J connectivity index is 1.62. The number of carbonyl (C=O) groups is 1. The number of hydrogen-bond acceptors (Lipinski definition) is 3. The summed E-state index contributed by atoms with van der Waals surface area (Å²) in [5, 5.41) is 0. The molecule has 1 aromatic rings. The SMILES string of the molecule is COCCN1CCC[C@]2(CCN(C(=O)c3ccccc3)C2)C1. The topological polar surface area (TPSA) is 32.8 Å². The molecule has 0 radical (unpaired) electrons. The van der Waals surface area contributed by atoms with Crippen molar-refractivity contribution in [3.8, 4) is 0 Å². The van der Waals surface area contributed by atoms with Crippen LogP contribution in [0.15, 0.2) is 30.3 Å². The summed E-state index contributed by atoms with van der Waals surface area (Å²) in [7, 11) is 1.76. The predicted octanol–water partition coefficient (Wildman–Crippen LogP) is 2.26. The maximum atomic E-state index is 12.6. The molecule has 0 bridgehead atoms. The molecule has 2 aliphatic heterocycles. The first-order valence-corrected chi connectivity index (χ1v) is 8.28. The molecule has 2 fully saturated rings. The van der Waals surface area contributed by atoms with Gasteiger partial charge in [0.1, 0.15) is 0 Å². The van der Waals surface area contributed by atoms with Gasteiger partial charge in [-0.05, 0) is 37.9 Å². The van der Waals surface area contributed by atoms with E-state index < -0.39 is 0 Å². The highest BCUT2D eigenvalue weighted by Crippen LogP contribution is 2.39. The van der Waals surface area contributed by atoms with Gasteiger partial charge in [0, 0.05) is 44.3 Å². The van der Waals surface area contributed by atoms with Crippen LogP contribution in [-0.2, 0) is 4.74 Å². The van der Waals surface area contributed by atoms with E-state index in [0.717, 1.165) is 51.3 Å². The molecule has 3 rings (SSSR count). The van der Waals surface area contributed by atoms with Crippen molar-refractivity contribution in [2.45, 2.75) is 19.3 Å². The first-order valence-electron chi connectivity index (χ1n) is 8.28. The Kier molecular flexibility index (Phi) is 4.79. The second kappa shape index (κ2) is 6.80. The van der Waals surface area contributed by atoms with Crippen molar-refractivity contribution in [2.24, 2.45) is 5.41 Å². The van der Waals surface area contributed by atoms with Gasteiger partial charge in [-0.1, -0.05) is 18.2 Å². The molecule has 0 saturated carbocycles. The van der Waals surface area contributed by atoms with E-state index >= 15 is 0 Å². The number of methoxy groups -OCH3 is 1. The fraction of sp³-hybridized carbons (Fsp3) is 0.611. The number of likely N-dealkylation sites (tertiary alicyclic amines) is 2. The van der Waals surface area contributed by atoms with E-state index in [9.17, 15) is 4.79 Å². The summed E-state index contributed by atoms with van der Waals surface area (Å²) in [6.45, 7) is 5.87. The molecule has 1 amide bonds. The van der Waals surface area contributed by atoms with E-state index in [-0.39, 0.29) is 5.91 Å². The van der Waals surface area contributed by atoms with Gasteiger partial charge in [0.2, 0.25) is 0 Å². The van der Waals surface area contributed by atoms with Gasteiger partial charge in [-0.2, -0.15) is 0 Å². The zero-order valence-corrected chi connectivity index (χ0v) is 13.5. The zero-order chi connectivity index (χ0) is 15.4. The first kappa shape index (κ1) is 15.5. The van der Waals surface area contributed by atoms with Gasteiger partial charge in [0.25, 0.3) is 5.91 Å². The highest BCUT2D eigenvalue weighted by Gasteiger charge is 2.42. The van der Waals surface area contributed by atoms with Gasteiger partial charge in [0.15, 0.2) is 0 Å². The summed E-state index contributed by atoms with van der Waals surface area (Å²) in [6, 6.07) is 9.66. The van der Waals surface area contributed by atoms with Crippen LogP contribution in [-0.4, -0.2) is 62.1 Å². The highest BCUT2D eigenvalue weighted by atomic mass is 16.5. The number of piperidine rings is 1. The summed E-state index contributed by atoms with van der Waals surface area (Å²) in [5.41, 5.74) is 1.11. The smallest absolute Gasteiger partial charge is 0.253 e. The standard InChI is InChI=1S/C18H26N2O2/c1-22-13-12-19-10-5-8-18(14-19)9-11-20(15-18)17(21)16-6-3-2-4-7-16/h2-4,6-7H,5,8-15H2,1H3/t18-/m0/s1. The van der Waals surface area contributed by atoms with Crippen molar-refractivity contribution in [3.63, 3.8) is 0 Å². The zero-order valence-electron chi connectivity index (χ0n) is 13.5. The van der Waals surface area contributed by atoms with E-state index in [0.29, 0.717) is 5.41 Å². The Bertz CT molecular complexity index is 505. The fourth-order valence-electron chi connectivity index (χ4n) is 3.93. The summed E-state index contributed by atoms with van der Waals surface area (Å²) >= 11 is 0. The van der Waals surface area contributed by atoms with E-state index in [1.165, 1.54) is 12.8 Å². The second-order valence-corrected chi connectivity index (χ2v) is 6.72. The third-order valence-corrected chi connectivity index (χ3v) is 5.10. The highest BCUT2D eigenvalue weighted by molar-refractivity contribution is 5.94. The number of nitrogens with zero attached hydrogens (tertiary/aromatic N) is 2. The van der Waals surface area contributed by atoms with Crippen LogP contribution in [0.4, 0.5) is 0 Å². The van der Waals surface area contributed by atoms with E-state index in [4.69, 9.17) is 4.74 Å². The monoisotopic (exact) mass is 302 g/mol. The Labute approximate surface area is 133 Å². The molecule has 1 aromatic carbocycles. The Morgan fingerprint density at radius 1 is 1.18 bits per heavy atom. The Morgan fingerprint density at radius 3 is 2.77 bits per heavy atom. The number of ether oxygens (including phenoxy) is 1. The van der Waals surface area contributed by atoms with Crippen molar-refractivity contribution in [2.75, 3.05) is 46.4 Å². The number of benzene rings is 1. The minimum absolute atomic E-state index is 0.187. The lowest BCUT2D eigenvalue weighted by Gasteiger charge is -2.40. The molecule has 1 spiro atoms. The van der Waals surface area contributed by atoms with Gasteiger partial charge in [0.05, 0.1) is 6.61 Å². The normalized spacial score (nSPS) is 25.8. The molecule has 0 aromatic heterocycles. The number of hydrogen-bond donors (Lipinski definition) is 0. The number of carbonyl (C=O) groups excluding carboxylic acids is 1. The van der Waals surface area contributed by atoms with Crippen LogP contribution < -0.4 is 0 Å². The molecule has 120 valence electrons. The first-order chi connectivity index (χ1) is 10.7.